The summed E-state index contributed by atoms with van der Waals surface area (Å²) >= 11 is 0. The first-order chi connectivity index (χ1) is 10.3. The minimum absolute atomic E-state index is 0.132. The van der Waals surface area contributed by atoms with Crippen LogP contribution >= 0.6 is 0 Å². The van der Waals surface area contributed by atoms with Crippen molar-refractivity contribution in [1.29, 1.82) is 0 Å². The lowest BCUT2D eigenvalue weighted by Crippen LogP contribution is -2.50. The van der Waals surface area contributed by atoms with Gasteiger partial charge in [-0.1, -0.05) is 6.92 Å². The maximum Gasteiger partial charge on any atom is 0.501 e. The van der Waals surface area contributed by atoms with Gasteiger partial charge in [0.25, 0.3) is 0 Å². The third-order valence-electron chi connectivity index (χ3n) is 4.42. The summed E-state index contributed by atoms with van der Waals surface area (Å²) < 4.78 is 24.4. The summed E-state index contributed by atoms with van der Waals surface area (Å²) in [5, 5.41) is 0. The molecule has 130 valence electrons. The molecule has 4 unspecified atom stereocenters. The predicted molar refractivity (Wildman–Crippen MR) is 89.8 cm³/mol. The van der Waals surface area contributed by atoms with E-state index in [1.54, 1.807) is 0 Å². The molecule has 0 spiro atoms. The van der Waals surface area contributed by atoms with E-state index in [4.69, 9.17) is 18.0 Å². The lowest BCUT2D eigenvalue weighted by Gasteiger charge is -2.35. The zero-order valence-corrected chi connectivity index (χ0v) is 16.1. The third kappa shape index (κ3) is 5.30. The molecule has 1 aliphatic heterocycles. The molecular formula is C17H34O4Si. The average molecular weight is 331 g/mol. The highest BCUT2D eigenvalue weighted by Gasteiger charge is 2.46. The summed E-state index contributed by atoms with van der Waals surface area (Å²) in [6.07, 6.45) is 6.35. The van der Waals surface area contributed by atoms with Crippen LogP contribution in [-0.4, -0.2) is 39.3 Å². The first kappa shape index (κ1) is 18.4. The van der Waals surface area contributed by atoms with Crippen molar-refractivity contribution in [2.75, 3.05) is 0 Å². The van der Waals surface area contributed by atoms with Gasteiger partial charge in [0, 0.05) is 24.4 Å². The van der Waals surface area contributed by atoms with Crippen molar-refractivity contribution in [3.63, 3.8) is 0 Å². The fourth-order valence-electron chi connectivity index (χ4n) is 3.58. The van der Waals surface area contributed by atoms with Crippen molar-refractivity contribution in [3.05, 3.63) is 0 Å². The van der Waals surface area contributed by atoms with Crippen molar-refractivity contribution in [2.45, 2.75) is 104 Å². The Labute approximate surface area is 137 Å². The Bertz CT molecular complexity index is 338. The van der Waals surface area contributed by atoms with Crippen LogP contribution in [0.25, 0.3) is 0 Å². The quantitative estimate of drug-likeness (QED) is 0.470. The highest BCUT2D eigenvalue weighted by Crippen LogP contribution is 2.41. The summed E-state index contributed by atoms with van der Waals surface area (Å²) in [5.74, 6) is 0.723. The summed E-state index contributed by atoms with van der Waals surface area (Å²) in [5.41, 5.74) is 0. The number of hydrogen-bond acceptors (Lipinski definition) is 4. The average Bonchev–Trinajstić information content (AvgIpc) is 3.15. The van der Waals surface area contributed by atoms with Crippen molar-refractivity contribution < 1.29 is 18.0 Å². The number of hydrogen-bond donors (Lipinski definition) is 0. The number of ether oxygens (including phenoxy) is 1. The molecule has 2 aliphatic rings. The second kappa shape index (κ2) is 7.75. The SMILES string of the molecule is CC[Si](OC(C)C)(OC(C)C)OC(C)CC1CCC2OC2C1. The predicted octanol–water partition coefficient (Wildman–Crippen LogP) is 4.16. The smallest absolute Gasteiger partial charge is 0.371 e. The van der Waals surface area contributed by atoms with Gasteiger partial charge < -0.3 is 18.0 Å². The maximum atomic E-state index is 6.41. The molecule has 4 nitrogen and oxygen atoms in total. The highest BCUT2D eigenvalue weighted by molar-refractivity contribution is 6.60. The van der Waals surface area contributed by atoms with Crippen LogP contribution in [0.2, 0.25) is 6.04 Å². The van der Waals surface area contributed by atoms with Gasteiger partial charge in [-0.2, -0.15) is 0 Å². The van der Waals surface area contributed by atoms with Crippen LogP contribution in [0.1, 0.15) is 67.2 Å². The molecule has 0 aromatic heterocycles. The first-order valence-corrected chi connectivity index (χ1v) is 11.0. The van der Waals surface area contributed by atoms with E-state index >= 15 is 0 Å². The molecular weight excluding hydrogens is 296 g/mol. The molecule has 1 heterocycles. The fraction of sp³-hybridized carbons (Fsp3) is 1.00. The van der Waals surface area contributed by atoms with E-state index in [9.17, 15) is 0 Å². The largest absolute Gasteiger partial charge is 0.501 e. The van der Waals surface area contributed by atoms with Crippen LogP contribution in [-0.2, 0) is 18.0 Å². The van der Waals surface area contributed by atoms with E-state index in [1.165, 1.54) is 19.3 Å². The molecule has 22 heavy (non-hydrogen) atoms. The Kier molecular flexibility index (Phi) is 6.48. The molecule has 1 saturated carbocycles. The number of rotatable bonds is 9. The van der Waals surface area contributed by atoms with Crippen LogP contribution in [0.3, 0.4) is 0 Å². The molecule has 0 amide bonds. The van der Waals surface area contributed by atoms with Gasteiger partial charge in [0.1, 0.15) is 0 Å². The lowest BCUT2D eigenvalue weighted by molar-refractivity contribution is -0.00635. The van der Waals surface area contributed by atoms with E-state index < -0.39 is 8.80 Å². The minimum atomic E-state index is -2.58. The highest BCUT2D eigenvalue weighted by atomic mass is 28.4. The second-order valence-corrected chi connectivity index (χ2v) is 10.2. The monoisotopic (exact) mass is 330 g/mol. The van der Waals surface area contributed by atoms with Gasteiger partial charge in [-0.25, -0.2) is 0 Å². The second-order valence-electron chi connectivity index (χ2n) is 7.43. The van der Waals surface area contributed by atoms with Gasteiger partial charge in [0.05, 0.1) is 12.2 Å². The van der Waals surface area contributed by atoms with Crippen molar-refractivity contribution in [3.8, 4) is 0 Å². The summed E-state index contributed by atoms with van der Waals surface area (Å²) in [6, 6.07) is 0.826. The van der Waals surface area contributed by atoms with Crippen molar-refractivity contribution in [1.82, 2.24) is 0 Å². The minimum Gasteiger partial charge on any atom is -0.371 e. The molecule has 1 saturated heterocycles. The van der Waals surface area contributed by atoms with Crippen LogP contribution < -0.4 is 0 Å². The van der Waals surface area contributed by atoms with E-state index in [-0.39, 0.29) is 18.3 Å². The van der Waals surface area contributed by atoms with Gasteiger partial charge in [0.15, 0.2) is 0 Å². The molecule has 5 heteroatoms. The summed E-state index contributed by atoms with van der Waals surface area (Å²) in [6.45, 7) is 12.5. The molecule has 0 N–H and O–H groups in total. The van der Waals surface area contributed by atoms with Crippen LogP contribution in [0, 0.1) is 5.92 Å². The van der Waals surface area contributed by atoms with Gasteiger partial charge >= 0.3 is 8.80 Å². The normalized spacial score (nSPS) is 29.7. The maximum absolute atomic E-state index is 6.41. The van der Waals surface area contributed by atoms with E-state index in [0.717, 1.165) is 18.4 Å². The van der Waals surface area contributed by atoms with Crippen molar-refractivity contribution >= 4 is 8.80 Å². The Morgan fingerprint density at radius 1 is 0.955 bits per heavy atom. The Hall–Kier alpha value is 0.0569. The van der Waals surface area contributed by atoms with Gasteiger partial charge in [0.2, 0.25) is 0 Å². The zero-order chi connectivity index (χ0) is 16.3. The molecule has 2 rings (SSSR count). The first-order valence-electron chi connectivity index (χ1n) is 9.02. The molecule has 4 atom stereocenters. The van der Waals surface area contributed by atoms with Crippen LogP contribution in [0.5, 0.6) is 0 Å². The molecule has 0 aromatic carbocycles. The van der Waals surface area contributed by atoms with E-state index in [0.29, 0.717) is 12.2 Å². The zero-order valence-electron chi connectivity index (χ0n) is 15.1. The van der Waals surface area contributed by atoms with Crippen LogP contribution in [0.15, 0.2) is 0 Å². The topological polar surface area (TPSA) is 40.2 Å². The Morgan fingerprint density at radius 3 is 2.09 bits per heavy atom. The van der Waals surface area contributed by atoms with Gasteiger partial charge in [-0.3, -0.25) is 0 Å². The number of epoxide rings is 1. The molecule has 2 fully saturated rings. The standard InChI is InChI=1S/C17H34O4Si/c1-7-22(19-12(2)3,20-13(4)5)21-14(6)10-15-8-9-16-17(11-15)18-16/h12-17H,7-11H2,1-6H3. The number of fused-ring (bicyclic) bond motifs is 1. The summed E-state index contributed by atoms with van der Waals surface area (Å²) in [7, 11) is -2.58. The molecule has 0 aromatic rings. The Morgan fingerprint density at radius 2 is 1.59 bits per heavy atom. The lowest BCUT2D eigenvalue weighted by atomic mass is 9.86. The van der Waals surface area contributed by atoms with Crippen molar-refractivity contribution in [2.24, 2.45) is 5.92 Å². The molecule has 0 radical (unpaired) electrons. The molecule has 0 bridgehead atoms. The Balaban J connectivity index is 1.89. The van der Waals surface area contributed by atoms with E-state index in [2.05, 4.69) is 41.5 Å². The third-order valence-corrected chi connectivity index (χ3v) is 7.71. The van der Waals surface area contributed by atoms with E-state index in [1.807, 2.05) is 0 Å². The van der Waals surface area contributed by atoms with Gasteiger partial charge in [-0.05, 0) is 66.2 Å². The van der Waals surface area contributed by atoms with Crippen LogP contribution in [0.4, 0.5) is 0 Å². The van der Waals surface area contributed by atoms with Gasteiger partial charge in [-0.15, -0.1) is 0 Å². The molecule has 1 aliphatic carbocycles. The summed E-state index contributed by atoms with van der Waals surface area (Å²) in [4.78, 5) is 0. The fourth-order valence-corrected chi connectivity index (χ4v) is 6.39.